The first-order chi connectivity index (χ1) is 9.68. The molecule has 118 valence electrons. The molecule has 0 bridgehead atoms. The first kappa shape index (κ1) is 16.5. The van der Waals surface area contributed by atoms with Gasteiger partial charge in [-0.05, 0) is 49.0 Å². The molecule has 1 N–H and O–H groups in total. The molecule has 5 heteroatoms. The van der Waals surface area contributed by atoms with Gasteiger partial charge in [0, 0.05) is 13.1 Å². The molecule has 1 aromatic rings. The molecule has 0 spiro atoms. The van der Waals surface area contributed by atoms with E-state index in [0.717, 1.165) is 25.1 Å². The molecule has 0 saturated carbocycles. The Kier molecular flexibility index (Phi) is 4.76. The summed E-state index contributed by atoms with van der Waals surface area (Å²) in [4.78, 5) is 2.58. The zero-order chi connectivity index (χ0) is 15.7. The van der Waals surface area contributed by atoms with Crippen molar-refractivity contribution in [2.45, 2.75) is 37.5 Å². The highest BCUT2D eigenvalue weighted by molar-refractivity contribution is 7.89. The van der Waals surface area contributed by atoms with Gasteiger partial charge < -0.3 is 4.90 Å². The summed E-state index contributed by atoms with van der Waals surface area (Å²) in [5, 5.41) is 0. The summed E-state index contributed by atoms with van der Waals surface area (Å²) in [6.07, 6.45) is 1.06. The van der Waals surface area contributed by atoms with Crippen molar-refractivity contribution in [2.75, 3.05) is 26.7 Å². The molecule has 2 rings (SSSR count). The number of nitrogens with zero attached hydrogens (tertiary/aromatic N) is 1. The van der Waals surface area contributed by atoms with E-state index in [1.807, 2.05) is 12.1 Å². The van der Waals surface area contributed by atoms with Crippen LogP contribution in [0.15, 0.2) is 29.2 Å². The lowest BCUT2D eigenvalue weighted by Gasteiger charge is -2.19. The monoisotopic (exact) mass is 310 g/mol. The Morgan fingerprint density at radius 3 is 2.33 bits per heavy atom. The van der Waals surface area contributed by atoms with E-state index in [1.165, 1.54) is 0 Å². The number of benzene rings is 1. The number of rotatable bonds is 4. The zero-order valence-corrected chi connectivity index (χ0v) is 14.2. The molecule has 0 amide bonds. The summed E-state index contributed by atoms with van der Waals surface area (Å²) < 4.78 is 27.4. The van der Waals surface area contributed by atoms with Crippen molar-refractivity contribution in [3.63, 3.8) is 0 Å². The summed E-state index contributed by atoms with van der Waals surface area (Å²) in [7, 11) is -1.33. The van der Waals surface area contributed by atoms with Gasteiger partial charge in [0.1, 0.15) is 0 Å². The normalized spacial score (nSPS) is 20.9. The van der Waals surface area contributed by atoms with E-state index in [9.17, 15) is 8.42 Å². The number of nitrogens with one attached hydrogen (secondary N) is 1. The van der Waals surface area contributed by atoms with Gasteiger partial charge >= 0.3 is 0 Å². The summed E-state index contributed by atoms with van der Waals surface area (Å²) in [6, 6.07) is 7.20. The van der Waals surface area contributed by atoms with Crippen molar-refractivity contribution in [2.24, 2.45) is 5.92 Å². The lowest BCUT2D eigenvalue weighted by atomic mass is 9.87. The second kappa shape index (κ2) is 6.07. The van der Waals surface area contributed by atoms with Crippen LogP contribution in [0.4, 0.5) is 0 Å². The van der Waals surface area contributed by atoms with Gasteiger partial charge in [0.05, 0.1) is 4.90 Å². The predicted octanol–water partition coefficient (Wildman–Crippen LogP) is 2.21. The van der Waals surface area contributed by atoms with Crippen molar-refractivity contribution in [1.29, 1.82) is 0 Å². The van der Waals surface area contributed by atoms with Crippen molar-refractivity contribution in [1.82, 2.24) is 9.62 Å². The van der Waals surface area contributed by atoms with Gasteiger partial charge in [-0.15, -0.1) is 0 Å². The predicted molar refractivity (Wildman–Crippen MR) is 85.9 cm³/mol. The first-order valence-corrected chi connectivity index (χ1v) is 8.95. The fraction of sp³-hybridized carbons (Fsp3) is 0.625. The maximum Gasteiger partial charge on any atom is 0.240 e. The molecule has 1 aliphatic rings. The fourth-order valence-corrected chi connectivity index (χ4v) is 3.75. The zero-order valence-electron chi connectivity index (χ0n) is 13.4. The Hall–Kier alpha value is -0.910. The van der Waals surface area contributed by atoms with E-state index in [1.54, 1.807) is 12.1 Å². The first-order valence-electron chi connectivity index (χ1n) is 7.47. The van der Waals surface area contributed by atoms with E-state index in [-0.39, 0.29) is 5.41 Å². The van der Waals surface area contributed by atoms with E-state index >= 15 is 0 Å². The Bertz CT molecular complexity index is 573. The molecule has 4 nitrogen and oxygen atoms in total. The van der Waals surface area contributed by atoms with Gasteiger partial charge in [0.25, 0.3) is 0 Å². The standard InChI is InChI=1S/C16H26N2O2S/c1-16(2,3)14-5-7-15(8-6-14)21(19,20)17-11-13-9-10-18(4)12-13/h5-8,13,17H,9-12H2,1-4H3. The summed E-state index contributed by atoms with van der Waals surface area (Å²) >= 11 is 0. The largest absolute Gasteiger partial charge is 0.306 e. The second-order valence-electron chi connectivity index (χ2n) is 7.04. The minimum Gasteiger partial charge on any atom is -0.306 e. The van der Waals surface area contributed by atoms with Crippen LogP contribution in [0.1, 0.15) is 32.8 Å². The van der Waals surface area contributed by atoms with Crippen LogP contribution in [0.3, 0.4) is 0 Å². The Morgan fingerprint density at radius 2 is 1.86 bits per heavy atom. The summed E-state index contributed by atoms with van der Waals surface area (Å²) in [5.41, 5.74) is 1.17. The quantitative estimate of drug-likeness (QED) is 0.927. The van der Waals surface area contributed by atoms with Crippen LogP contribution in [-0.4, -0.2) is 40.0 Å². The average Bonchev–Trinajstić information content (AvgIpc) is 2.82. The Morgan fingerprint density at radius 1 is 1.24 bits per heavy atom. The number of hydrogen-bond acceptors (Lipinski definition) is 3. The van der Waals surface area contributed by atoms with Crippen LogP contribution in [0.25, 0.3) is 0 Å². The van der Waals surface area contributed by atoms with E-state index in [2.05, 4.69) is 37.4 Å². The van der Waals surface area contributed by atoms with Gasteiger partial charge in [-0.2, -0.15) is 0 Å². The molecule has 0 aliphatic carbocycles. The second-order valence-corrected chi connectivity index (χ2v) is 8.81. The van der Waals surface area contributed by atoms with Crippen LogP contribution in [-0.2, 0) is 15.4 Å². The smallest absolute Gasteiger partial charge is 0.240 e. The molecule has 1 heterocycles. The third kappa shape index (κ3) is 4.28. The lowest BCUT2D eigenvalue weighted by Crippen LogP contribution is -2.30. The molecule has 1 unspecified atom stereocenters. The van der Waals surface area contributed by atoms with Gasteiger partial charge in [-0.25, -0.2) is 13.1 Å². The van der Waals surface area contributed by atoms with Crippen molar-refractivity contribution < 1.29 is 8.42 Å². The molecule has 0 radical (unpaired) electrons. The van der Waals surface area contributed by atoms with Crippen LogP contribution in [0, 0.1) is 5.92 Å². The maximum atomic E-state index is 12.3. The highest BCUT2D eigenvalue weighted by Gasteiger charge is 2.22. The SMILES string of the molecule is CN1CCC(CNS(=O)(=O)c2ccc(C(C)(C)C)cc2)C1. The van der Waals surface area contributed by atoms with Gasteiger partial charge in [0.2, 0.25) is 10.0 Å². The van der Waals surface area contributed by atoms with Crippen molar-refractivity contribution in [3.05, 3.63) is 29.8 Å². The average molecular weight is 310 g/mol. The minimum absolute atomic E-state index is 0.0319. The van der Waals surface area contributed by atoms with Crippen molar-refractivity contribution in [3.8, 4) is 0 Å². The molecule has 1 aliphatic heterocycles. The molecule has 1 atom stereocenters. The van der Waals surface area contributed by atoms with Crippen LogP contribution < -0.4 is 4.72 Å². The highest BCUT2D eigenvalue weighted by atomic mass is 32.2. The molecular formula is C16H26N2O2S. The van der Waals surface area contributed by atoms with E-state index in [0.29, 0.717) is 17.4 Å². The van der Waals surface area contributed by atoms with Crippen LogP contribution in [0.5, 0.6) is 0 Å². The third-order valence-electron chi connectivity index (χ3n) is 4.08. The molecule has 21 heavy (non-hydrogen) atoms. The molecule has 1 aromatic carbocycles. The maximum absolute atomic E-state index is 12.3. The van der Waals surface area contributed by atoms with E-state index in [4.69, 9.17) is 0 Å². The molecule has 1 saturated heterocycles. The molecular weight excluding hydrogens is 284 g/mol. The third-order valence-corrected chi connectivity index (χ3v) is 5.52. The number of hydrogen-bond donors (Lipinski definition) is 1. The van der Waals surface area contributed by atoms with Crippen LogP contribution in [0.2, 0.25) is 0 Å². The summed E-state index contributed by atoms with van der Waals surface area (Å²) in [5.74, 6) is 0.415. The van der Waals surface area contributed by atoms with Gasteiger partial charge in [0.15, 0.2) is 0 Å². The van der Waals surface area contributed by atoms with Gasteiger partial charge in [-0.3, -0.25) is 0 Å². The number of likely N-dealkylation sites (tertiary alicyclic amines) is 1. The Labute approximate surface area is 128 Å². The number of sulfonamides is 1. The molecule has 1 fully saturated rings. The van der Waals surface area contributed by atoms with Crippen molar-refractivity contribution >= 4 is 10.0 Å². The van der Waals surface area contributed by atoms with E-state index < -0.39 is 10.0 Å². The Balaban J connectivity index is 2.02. The highest BCUT2D eigenvalue weighted by Crippen LogP contribution is 2.23. The topological polar surface area (TPSA) is 49.4 Å². The summed E-state index contributed by atoms with van der Waals surface area (Å²) in [6.45, 7) is 8.88. The van der Waals surface area contributed by atoms with Gasteiger partial charge in [-0.1, -0.05) is 32.9 Å². The lowest BCUT2D eigenvalue weighted by molar-refractivity contribution is 0.394. The fourth-order valence-electron chi connectivity index (χ4n) is 2.64. The van der Waals surface area contributed by atoms with Crippen LogP contribution >= 0.6 is 0 Å². The minimum atomic E-state index is -3.40. The molecule has 0 aromatic heterocycles.